The Morgan fingerprint density at radius 2 is 1.28 bits per heavy atom. The molecule has 0 aliphatic heterocycles. The minimum Gasteiger partial charge on any atom is -0.322 e. The monoisotopic (exact) mass is 369 g/mol. The van der Waals surface area contributed by atoms with Crippen LogP contribution in [0.5, 0.6) is 0 Å². The number of carbonyl (C=O) groups is 1. The summed E-state index contributed by atoms with van der Waals surface area (Å²) >= 11 is 0. The third-order valence-electron chi connectivity index (χ3n) is 3.03. The van der Waals surface area contributed by atoms with Crippen LogP contribution in [0.2, 0.25) is 0 Å². The van der Waals surface area contributed by atoms with Crippen LogP contribution in [0, 0.1) is 11.6 Å². The van der Waals surface area contributed by atoms with E-state index in [0.29, 0.717) is 12.1 Å². The molecule has 1 amide bonds. The van der Waals surface area contributed by atoms with E-state index in [1.54, 1.807) is 0 Å². The van der Waals surface area contributed by atoms with Gasteiger partial charge >= 0.3 is 12.4 Å². The van der Waals surface area contributed by atoms with E-state index in [1.165, 1.54) is 0 Å². The number of halogens is 8. The molecule has 2 nitrogen and oxygen atoms in total. The molecule has 0 unspecified atom stereocenters. The number of amides is 1. The smallest absolute Gasteiger partial charge is 0.322 e. The van der Waals surface area contributed by atoms with Crippen molar-refractivity contribution in [2.45, 2.75) is 12.4 Å². The van der Waals surface area contributed by atoms with Gasteiger partial charge < -0.3 is 5.32 Å². The summed E-state index contributed by atoms with van der Waals surface area (Å²) in [6.07, 6.45) is -10.2. The van der Waals surface area contributed by atoms with Gasteiger partial charge in [0, 0.05) is 17.3 Å². The van der Waals surface area contributed by atoms with Crippen molar-refractivity contribution in [1.29, 1.82) is 0 Å². The van der Waals surface area contributed by atoms with Crippen molar-refractivity contribution < 1.29 is 39.9 Å². The van der Waals surface area contributed by atoms with E-state index in [4.69, 9.17) is 0 Å². The first-order valence-corrected chi connectivity index (χ1v) is 6.44. The molecule has 134 valence electrons. The van der Waals surface area contributed by atoms with Crippen molar-refractivity contribution in [2.24, 2.45) is 0 Å². The Kier molecular flexibility index (Phi) is 4.74. The largest absolute Gasteiger partial charge is 0.416 e. The van der Waals surface area contributed by atoms with Crippen LogP contribution in [0.25, 0.3) is 0 Å². The highest BCUT2D eigenvalue weighted by molar-refractivity contribution is 6.04. The normalized spacial score (nSPS) is 12.2. The highest BCUT2D eigenvalue weighted by atomic mass is 19.4. The summed E-state index contributed by atoms with van der Waals surface area (Å²) in [4.78, 5) is 11.9. The zero-order valence-corrected chi connectivity index (χ0v) is 11.9. The van der Waals surface area contributed by atoms with Gasteiger partial charge in [-0.2, -0.15) is 26.3 Å². The van der Waals surface area contributed by atoms with E-state index in [1.807, 2.05) is 5.32 Å². The Morgan fingerprint density at radius 3 is 1.72 bits per heavy atom. The van der Waals surface area contributed by atoms with Crippen LogP contribution in [-0.2, 0) is 12.4 Å². The number of anilines is 1. The fourth-order valence-corrected chi connectivity index (χ4v) is 1.86. The van der Waals surface area contributed by atoms with Crippen molar-refractivity contribution in [3.05, 3.63) is 64.7 Å². The molecule has 2 aromatic carbocycles. The average molecular weight is 369 g/mol. The molecule has 0 fully saturated rings. The zero-order valence-electron chi connectivity index (χ0n) is 11.9. The molecular weight excluding hydrogens is 362 g/mol. The van der Waals surface area contributed by atoms with Crippen molar-refractivity contribution >= 4 is 11.6 Å². The quantitative estimate of drug-likeness (QED) is 0.720. The first-order chi connectivity index (χ1) is 11.4. The SMILES string of the molecule is O=C(Nc1ccc(F)c(F)c1)c1cc(C(F)(F)F)cc(C(F)(F)F)c1. The Hall–Kier alpha value is -2.65. The van der Waals surface area contributed by atoms with Gasteiger partial charge in [0.15, 0.2) is 11.6 Å². The molecule has 2 aromatic rings. The molecule has 0 bridgehead atoms. The van der Waals surface area contributed by atoms with Crippen molar-refractivity contribution in [1.82, 2.24) is 0 Å². The Balaban J connectivity index is 2.42. The first kappa shape index (κ1) is 18.7. The van der Waals surface area contributed by atoms with Gasteiger partial charge in [0.05, 0.1) is 11.1 Å². The topological polar surface area (TPSA) is 29.1 Å². The van der Waals surface area contributed by atoms with E-state index in [9.17, 15) is 39.9 Å². The lowest BCUT2D eigenvalue weighted by Gasteiger charge is -2.14. The fourth-order valence-electron chi connectivity index (χ4n) is 1.86. The molecule has 1 N–H and O–H groups in total. The molecule has 0 heterocycles. The molecule has 0 saturated carbocycles. The van der Waals surface area contributed by atoms with Crippen molar-refractivity contribution in [2.75, 3.05) is 5.32 Å². The lowest BCUT2D eigenvalue weighted by Crippen LogP contribution is -2.17. The molecule has 0 atom stereocenters. The minimum atomic E-state index is -5.11. The fraction of sp³-hybridized carbons (Fsp3) is 0.133. The van der Waals surface area contributed by atoms with Gasteiger partial charge in [-0.25, -0.2) is 8.78 Å². The van der Waals surface area contributed by atoms with Crippen LogP contribution < -0.4 is 5.32 Å². The maximum absolute atomic E-state index is 13.0. The van der Waals surface area contributed by atoms with Crippen molar-refractivity contribution in [3.63, 3.8) is 0 Å². The van der Waals surface area contributed by atoms with Crippen LogP contribution in [0.4, 0.5) is 40.8 Å². The molecular formula is C15H7F8NO. The molecule has 25 heavy (non-hydrogen) atoms. The minimum absolute atomic E-state index is 0.131. The summed E-state index contributed by atoms with van der Waals surface area (Å²) in [6, 6.07) is 2.39. The van der Waals surface area contributed by atoms with Crippen LogP contribution >= 0.6 is 0 Å². The van der Waals surface area contributed by atoms with Gasteiger partial charge in [0.1, 0.15) is 0 Å². The zero-order chi connectivity index (χ0) is 19.0. The molecule has 0 spiro atoms. The summed E-state index contributed by atoms with van der Waals surface area (Å²) in [5.41, 5.74) is -4.61. The maximum atomic E-state index is 13.0. The van der Waals surface area contributed by atoms with Gasteiger partial charge in [-0.1, -0.05) is 0 Å². The van der Waals surface area contributed by atoms with E-state index >= 15 is 0 Å². The van der Waals surface area contributed by atoms with Crippen LogP contribution in [0.1, 0.15) is 21.5 Å². The molecule has 0 radical (unpaired) electrons. The van der Waals surface area contributed by atoms with E-state index < -0.39 is 46.6 Å². The molecule has 0 aromatic heterocycles. The molecule has 2 rings (SSSR count). The Bertz CT molecular complexity index is 778. The summed E-state index contributed by atoms with van der Waals surface area (Å²) in [5, 5.41) is 1.90. The van der Waals surface area contributed by atoms with Crippen LogP contribution in [-0.4, -0.2) is 5.91 Å². The number of benzene rings is 2. The van der Waals surface area contributed by atoms with Crippen LogP contribution in [0.3, 0.4) is 0 Å². The summed E-state index contributed by atoms with van der Waals surface area (Å²) in [5.74, 6) is -3.93. The average Bonchev–Trinajstić information content (AvgIpc) is 2.48. The molecule has 0 aliphatic rings. The number of carbonyl (C=O) groups excluding carboxylic acids is 1. The Morgan fingerprint density at radius 1 is 0.760 bits per heavy atom. The first-order valence-electron chi connectivity index (χ1n) is 6.44. The third-order valence-corrected chi connectivity index (χ3v) is 3.03. The van der Waals surface area contributed by atoms with E-state index in [0.717, 1.165) is 6.07 Å². The van der Waals surface area contributed by atoms with Gasteiger partial charge in [-0.05, 0) is 30.3 Å². The summed E-state index contributed by atoms with van der Waals surface area (Å²) in [7, 11) is 0. The van der Waals surface area contributed by atoms with E-state index in [2.05, 4.69) is 0 Å². The number of hydrogen-bond acceptors (Lipinski definition) is 1. The van der Waals surface area contributed by atoms with Gasteiger partial charge in [0.25, 0.3) is 5.91 Å². The molecule has 10 heteroatoms. The standard InChI is InChI=1S/C15H7F8NO/c16-11-2-1-10(6-12(11)17)24-13(25)7-3-8(14(18,19)20)5-9(4-7)15(21,22)23/h1-6H,(H,24,25). The van der Waals surface area contributed by atoms with E-state index in [-0.39, 0.29) is 23.9 Å². The summed E-state index contributed by atoms with van der Waals surface area (Å²) in [6.45, 7) is 0. The predicted molar refractivity (Wildman–Crippen MR) is 70.8 cm³/mol. The number of hydrogen-bond donors (Lipinski definition) is 1. The van der Waals surface area contributed by atoms with Gasteiger partial charge in [0.2, 0.25) is 0 Å². The maximum Gasteiger partial charge on any atom is 0.416 e. The van der Waals surface area contributed by atoms with Crippen LogP contribution in [0.15, 0.2) is 36.4 Å². The number of rotatable bonds is 2. The third kappa shape index (κ3) is 4.46. The number of alkyl halides is 6. The second kappa shape index (κ2) is 6.34. The highest BCUT2D eigenvalue weighted by Gasteiger charge is 2.37. The second-order valence-electron chi connectivity index (χ2n) is 4.88. The van der Waals surface area contributed by atoms with Gasteiger partial charge in [-0.15, -0.1) is 0 Å². The number of nitrogens with one attached hydrogen (secondary N) is 1. The second-order valence-corrected chi connectivity index (χ2v) is 4.88. The molecule has 0 saturated heterocycles. The lowest BCUT2D eigenvalue weighted by atomic mass is 10.0. The Labute approximate surface area is 135 Å². The summed E-state index contributed by atoms with van der Waals surface area (Å²) < 4.78 is 102. The lowest BCUT2D eigenvalue weighted by molar-refractivity contribution is -0.143. The highest BCUT2D eigenvalue weighted by Crippen LogP contribution is 2.36. The van der Waals surface area contributed by atoms with Crippen molar-refractivity contribution in [3.8, 4) is 0 Å². The van der Waals surface area contributed by atoms with Gasteiger partial charge in [-0.3, -0.25) is 4.79 Å². The predicted octanol–water partition coefficient (Wildman–Crippen LogP) is 5.25. The molecule has 0 aliphatic carbocycles.